The summed E-state index contributed by atoms with van der Waals surface area (Å²) in [4.78, 5) is 9.37. The predicted molar refractivity (Wildman–Crippen MR) is 126 cm³/mol. The van der Waals surface area contributed by atoms with Crippen LogP contribution >= 0.6 is 0 Å². The molecule has 0 radical (unpaired) electrons. The van der Waals surface area contributed by atoms with Gasteiger partial charge in [-0.05, 0) is 40.8 Å². The van der Waals surface area contributed by atoms with E-state index in [1.807, 2.05) is 24.4 Å². The molecule has 4 heteroatoms. The number of methoxy groups -OCH3 is 1. The van der Waals surface area contributed by atoms with Crippen LogP contribution in [0.4, 0.5) is 0 Å². The quantitative estimate of drug-likeness (QED) is 0.332. The molecular weight excluding hydrogens is 382 g/mol. The lowest BCUT2D eigenvalue weighted by atomic mass is 9.99. The third-order valence-corrected chi connectivity index (χ3v) is 5.48. The number of imidazole rings is 1. The number of nitrogens with zero attached hydrogens (tertiary/aromatic N) is 3. The van der Waals surface area contributed by atoms with Gasteiger partial charge in [0.05, 0.1) is 12.3 Å². The maximum atomic E-state index is 5.36. The number of pyridine rings is 1. The fourth-order valence-corrected chi connectivity index (χ4v) is 3.83. The molecule has 0 aliphatic rings. The van der Waals surface area contributed by atoms with Crippen molar-refractivity contribution in [1.82, 2.24) is 14.5 Å². The molecule has 31 heavy (non-hydrogen) atoms. The Kier molecular flexibility index (Phi) is 6.90. The van der Waals surface area contributed by atoms with Crippen LogP contribution in [0.1, 0.15) is 36.7 Å². The molecule has 2 aromatic heterocycles. The van der Waals surface area contributed by atoms with Gasteiger partial charge < -0.3 is 9.30 Å². The number of unbranched alkanes of at least 4 members (excludes halogenated alkanes) is 1. The Bertz CT molecular complexity index is 1100. The molecule has 2 aromatic carbocycles. The van der Waals surface area contributed by atoms with Crippen LogP contribution in [0.15, 0.2) is 79.1 Å². The molecule has 0 aliphatic carbocycles. The molecule has 0 saturated carbocycles. The molecule has 0 fully saturated rings. The van der Waals surface area contributed by atoms with Gasteiger partial charge in [0.15, 0.2) is 0 Å². The lowest BCUT2D eigenvalue weighted by Gasteiger charge is -2.11. The first kappa shape index (κ1) is 21.0. The third kappa shape index (κ3) is 5.09. The van der Waals surface area contributed by atoms with Crippen molar-refractivity contribution in [1.29, 1.82) is 0 Å². The van der Waals surface area contributed by atoms with Gasteiger partial charge in [0.1, 0.15) is 11.5 Å². The van der Waals surface area contributed by atoms with Crippen LogP contribution in [0, 0.1) is 0 Å². The molecule has 4 aromatic rings. The molecule has 0 N–H and O–H groups in total. The van der Waals surface area contributed by atoms with E-state index in [4.69, 9.17) is 9.72 Å². The Hall–Kier alpha value is -3.24. The second-order valence-corrected chi connectivity index (χ2v) is 7.78. The van der Waals surface area contributed by atoms with Gasteiger partial charge in [-0.2, -0.15) is 0 Å². The number of rotatable bonds is 9. The maximum absolute atomic E-state index is 5.36. The number of hydrogen-bond acceptors (Lipinski definition) is 3. The highest BCUT2D eigenvalue weighted by molar-refractivity contribution is 5.67. The second-order valence-electron chi connectivity index (χ2n) is 7.78. The molecule has 0 bridgehead atoms. The summed E-state index contributed by atoms with van der Waals surface area (Å²) in [6, 6.07) is 23.2. The SMILES string of the molecule is CCCCc1nc(-c2ccccn2)cn1Cc1ccc(-c2ccccc2COC)cc1. The van der Waals surface area contributed by atoms with Crippen LogP contribution in [-0.4, -0.2) is 21.6 Å². The average Bonchev–Trinajstić information content (AvgIpc) is 3.22. The van der Waals surface area contributed by atoms with Crippen LogP contribution in [0.5, 0.6) is 0 Å². The number of hydrogen-bond donors (Lipinski definition) is 0. The molecule has 0 aliphatic heterocycles. The Morgan fingerprint density at radius 1 is 0.903 bits per heavy atom. The van der Waals surface area contributed by atoms with Crippen molar-refractivity contribution >= 4 is 0 Å². The van der Waals surface area contributed by atoms with Crippen LogP contribution in [0.2, 0.25) is 0 Å². The van der Waals surface area contributed by atoms with Gasteiger partial charge in [-0.3, -0.25) is 4.98 Å². The van der Waals surface area contributed by atoms with E-state index in [9.17, 15) is 0 Å². The van der Waals surface area contributed by atoms with Gasteiger partial charge in [-0.1, -0.05) is 67.9 Å². The average molecular weight is 412 g/mol. The van der Waals surface area contributed by atoms with Crippen molar-refractivity contribution in [3.05, 3.63) is 96.1 Å². The van der Waals surface area contributed by atoms with Crippen molar-refractivity contribution in [3.8, 4) is 22.5 Å². The molecule has 0 atom stereocenters. The second kappa shape index (κ2) is 10.2. The third-order valence-electron chi connectivity index (χ3n) is 5.48. The van der Waals surface area contributed by atoms with E-state index in [-0.39, 0.29) is 0 Å². The molecule has 0 unspecified atom stereocenters. The number of ether oxygens (including phenoxy) is 1. The summed E-state index contributed by atoms with van der Waals surface area (Å²) < 4.78 is 7.63. The minimum Gasteiger partial charge on any atom is -0.380 e. The van der Waals surface area contributed by atoms with Crippen LogP contribution in [-0.2, 0) is 24.3 Å². The van der Waals surface area contributed by atoms with Crippen molar-refractivity contribution in [2.75, 3.05) is 7.11 Å². The lowest BCUT2D eigenvalue weighted by molar-refractivity contribution is 0.185. The first-order chi connectivity index (χ1) is 15.3. The highest BCUT2D eigenvalue weighted by Crippen LogP contribution is 2.25. The molecule has 2 heterocycles. The van der Waals surface area contributed by atoms with Gasteiger partial charge >= 0.3 is 0 Å². The molecule has 158 valence electrons. The summed E-state index contributed by atoms with van der Waals surface area (Å²) in [7, 11) is 1.74. The van der Waals surface area contributed by atoms with Gasteiger partial charge in [-0.15, -0.1) is 0 Å². The monoisotopic (exact) mass is 411 g/mol. The number of benzene rings is 2. The molecule has 4 nitrogen and oxygen atoms in total. The Morgan fingerprint density at radius 2 is 1.71 bits per heavy atom. The predicted octanol–water partition coefficient (Wildman–Crippen LogP) is 6.15. The summed E-state index contributed by atoms with van der Waals surface area (Å²) >= 11 is 0. The fraction of sp³-hybridized carbons (Fsp3) is 0.259. The number of aromatic nitrogens is 3. The smallest absolute Gasteiger partial charge is 0.109 e. The van der Waals surface area contributed by atoms with Crippen molar-refractivity contribution < 1.29 is 4.74 Å². The summed E-state index contributed by atoms with van der Waals surface area (Å²) in [6.07, 6.45) is 7.22. The van der Waals surface area contributed by atoms with Crippen LogP contribution < -0.4 is 0 Å². The Labute approximate surface area is 184 Å². The highest BCUT2D eigenvalue weighted by atomic mass is 16.5. The lowest BCUT2D eigenvalue weighted by Crippen LogP contribution is -2.04. The standard InChI is InChI=1S/C27H29N3O/c1-3-4-12-27-29-26(25-11-7-8-17-28-25)19-30(27)18-21-13-15-22(16-14-21)24-10-6-5-9-23(24)20-31-2/h5-11,13-17,19H,3-4,12,18,20H2,1-2H3. The van der Waals surface area contributed by atoms with E-state index in [1.54, 1.807) is 7.11 Å². The molecule has 0 amide bonds. The van der Waals surface area contributed by atoms with E-state index >= 15 is 0 Å². The normalized spacial score (nSPS) is 11.0. The van der Waals surface area contributed by atoms with E-state index in [0.717, 1.165) is 43.0 Å². The van der Waals surface area contributed by atoms with Crippen LogP contribution in [0.3, 0.4) is 0 Å². The van der Waals surface area contributed by atoms with E-state index in [2.05, 4.69) is 71.2 Å². The van der Waals surface area contributed by atoms with Crippen LogP contribution in [0.25, 0.3) is 22.5 Å². The van der Waals surface area contributed by atoms with Crippen molar-refractivity contribution in [3.63, 3.8) is 0 Å². The summed E-state index contributed by atoms with van der Waals surface area (Å²) in [5.41, 5.74) is 6.76. The Morgan fingerprint density at radius 3 is 2.45 bits per heavy atom. The molecular formula is C27H29N3O. The first-order valence-corrected chi connectivity index (χ1v) is 10.9. The van der Waals surface area contributed by atoms with Crippen molar-refractivity contribution in [2.24, 2.45) is 0 Å². The maximum Gasteiger partial charge on any atom is 0.109 e. The molecule has 0 spiro atoms. The van der Waals surface area contributed by atoms with Crippen molar-refractivity contribution in [2.45, 2.75) is 39.3 Å². The first-order valence-electron chi connectivity index (χ1n) is 10.9. The zero-order chi connectivity index (χ0) is 21.5. The van der Waals surface area contributed by atoms with E-state index < -0.39 is 0 Å². The zero-order valence-corrected chi connectivity index (χ0v) is 18.3. The van der Waals surface area contributed by atoms with Gasteiger partial charge in [0, 0.05) is 32.5 Å². The highest BCUT2D eigenvalue weighted by Gasteiger charge is 2.11. The van der Waals surface area contributed by atoms with E-state index in [1.165, 1.54) is 22.3 Å². The fourth-order valence-electron chi connectivity index (χ4n) is 3.83. The van der Waals surface area contributed by atoms with E-state index in [0.29, 0.717) is 6.61 Å². The van der Waals surface area contributed by atoms with Gasteiger partial charge in [0.25, 0.3) is 0 Å². The summed E-state index contributed by atoms with van der Waals surface area (Å²) in [5.74, 6) is 1.12. The largest absolute Gasteiger partial charge is 0.380 e. The van der Waals surface area contributed by atoms with Gasteiger partial charge in [0.2, 0.25) is 0 Å². The minimum absolute atomic E-state index is 0.615. The summed E-state index contributed by atoms with van der Waals surface area (Å²) in [5, 5.41) is 0. The number of aryl methyl sites for hydroxylation is 1. The van der Waals surface area contributed by atoms with Gasteiger partial charge in [-0.25, -0.2) is 4.98 Å². The molecule has 4 rings (SSSR count). The zero-order valence-electron chi connectivity index (χ0n) is 18.3. The molecule has 0 saturated heterocycles. The summed E-state index contributed by atoms with van der Waals surface area (Å²) in [6.45, 7) is 3.63. The minimum atomic E-state index is 0.615. The topological polar surface area (TPSA) is 39.9 Å². The Balaban J connectivity index is 1.58.